The van der Waals surface area contributed by atoms with Crippen LogP contribution in [-0.4, -0.2) is 26.4 Å². The number of carbonyl (C=O) groups is 1. The molecule has 0 saturated heterocycles. The quantitative estimate of drug-likeness (QED) is 0.413. The molecule has 6 nitrogen and oxygen atoms in total. The van der Waals surface area contributed by atoms with E-state index in [0.717, 1.165) is 16.0 Å². The highest BCUT2D eigenvalue weighted by Gasteiger charge is 2.19. The van der Waals surface area contributed by atoms with Gasteiger partial charge in [0.25, 0.3) is 0 Å². The van der Waals surface area contributed by atoms with E-state index >= 15 is 0 Å². The molecule has 0 spiro atoms. The molecule has 4 aromatic rings. The summed E-state index contributed by atoms with van der Waals surface area (Å²) in [5, 5.41) is 12.2. The second-order valence-electron chi connectivity index (χ2n) is 6.60. The standard InChI is InChI=1S/C22H20N4O2S2/c27-19(23-20(18-12-7-13-29-18)17-10-5-2-6-11-17)15-30-22-25-24-21(28)26(22)14-16-8-3-1-4-9-16/h1-13,20H,14-15H2,(H,23,27)(H,24,28). The Kier molecular flexibility index (Phi) is 6.46. The van der Waals surface area contributed by atoms with Crippen molar-refractivity contribution in [2.45, 2.75) is 17.7 Å². The zero-order chi connectivity index (χ0) is 20.8. The lowest BCUT2D eigenvalue weighted by Gasteiger charge is -2.18. The minimum absolute atomic E-state index is 0.121. The van der Waals surface area contributed by atoms with E-state index in [-0.39, 0.29) is 23.4 Å². The van der Waals surface area contributed by atoms with Gasteiger partial charge >= 0.3 is 5.69 Å². The van der Waals surface area contributed by atoms with E-state index in [1.807, 2.05) is 78.2 Å². The topological polar surface area (TPSA) is 79.8 Å². The Balaban J connectivity index is 1.44. The number of aromatic nitrogens is 3. The zero-order valence-corrected chi connectivity index (χ0v) is 17.7. The van der Waals surface area contributed by atoms with Gasteiger partial charge in [0.15, 0.2) is 5.16 Å². The summed E-state index contributed by atoms with van der Waals surface area (Å²) >= 11 is 2.85. The van der Waals surface area contributed by atoms with Crippen LogP contribution in [0, 0.1) is 0 Å². The molecule has 0 bridgehead atoms. The molecule has 0 aliphatic carbocycles. The van der Waals surface area contributed by atoms with Gasteiger partial charge in [0, 0.05) is 4.88 Å². The molecular formula is C22H20N4O2S2. The van der Waals surface area contributed by atoms with Crippen LogP contribution in [0.3, 0.4) is 0 Å². The maximum atomic E-state index is 12.7. The van der Waals surface area contributed by atoms with Crippen molar-refractivity contribution in [3.63, 3.8) is 0 Å². The fourth-order valence-electron chi connectivity index (χ4n) is 3.07. The fraction of sp³-hybridized carbons (Fsp3) is 0.136. The Labute approximate surface area is 182 Å². The van der Waals surface area contributed by atoms with E-state index in [4.69, 9.17) is 0 Å². The summed E-state index contributed by atoms with van der Waals surface area (Å²) in [6, 6.07) is 23.4. The number of thioether (sulfide) groups is 1. The summed E-state index contributed by atoms with van der Waals surface area (Å²) in [5.41, 5.74) is 1.73. The summed E-state index contributed by atoms with van der Waals surface area (Å²) in [6.07, 6.45) is 0. The number of hydrogen-bond acceptors (Lipinski definition) is 5. The van der Waals surface area contributed by atoms with Gasteiger partial charge in [-0.15, -0.1) is 16.4 Å². The third kappa shape index (κ3) is 4.90. The van der Waals surface area contributed by atoms with Crippen LogP contribution in [-0.2, 0) is 11.3 Å². The van der Waals surface area contributed by atoms with Crippen molar-refractivity contribution >= 4 is 29.0 Å². The first kappa shape index (κ1) is 20.2. The maximum absolute atomic E-state index is 12.7. The molecule has 2 aromatic carbocycles. The molecule has 0 aliphatic rings. The average molecular weight is 437 g/mol. The highest BCUT2D eigenvalue weighted by molar-refractivity contribution is 7.99. The first-order valence-corrected chi connectivity index (χ1v) is 11.3. The van der Waals surface area contributed by atoms with Gasteiger partial charge in [-0.3, -0.25) is 9.36 Å². The molecule has 1 unspecified atom stereocenters. The SMILES string of the molecule is O=C(CSc1n[nH]c(=O)n1Cc1ccccc1)NC(c1ccccc1)c1cccs1. The van der Waals surface area contributed by atoms with Crippen LogP contribution in [0.5, 0.6) is 0 Å². The van der Waals surface area contributed by atoms with Crippen LogP contribution < -0.4 is 11.0 Å². The molecule has 1 atom stereocenters. The lowest BCUT2D eigenvalue weighted by atomic mass is 10.1. The van der Waals surface area contributed by atoms with E-state index in [9.17, 15) is 9.59 Å². The van der Waals surface area contributed by atoms with Crippen molar-refractivity contribution in [2.24, 2.45) is 0 Å². The van der Waals surface area contributed by atoms with E-state index < -0.39 is 0 Å². The van der Waals surface area contributed by atoms with Gasteiger partial charge in [0.1, 0.15) is 0 Å². The van der Waals surface area contributed by atoms with Gasteiger partial charge in [0.05, 0.1) is 18.3 Å². The van der Waals surface area contributed by atoms with Gasteiger partial charge < -0.3 is 5.32 Å². The Morgan fingerprint density at radius 2 is 1.80 bits per heavy atom. The predicted molar refractivity (Wildman–Crippen MR) is 120 cm³/mol. The van der Waals surface area contributed by atoms with Gasteiger partial charge in [-0.25, -0.2) is 9.89 Å². The second kappa shape index (κ2) is 9.60. The molecule has 2 N–H and O–H groups in total. The number of benzene rings is 2. The summed E-state index contributed by atoms with van der Waals surface area (Å²) in [4.78, 5) is 25.9. The molecule has 1 amide bonds. The molecule has 30 heavy (non-hydrogen) atoms. The smallest absolute Gasteiger partial charge is 0.344 e. The highest BCUT2D eigenvalue weighted by atomic mass is 32.2. The van der Waals surface area contributed by atoms with Gasteiger partial charge in [0.2, 0.25) is 5.91 Å². The average Bonchev–Trinajstić information content (AvgIpc) is 3.43. The minimum Gasteiger partial charge on any atom is -0.344 e. The summed E-state index contributed by atoms with van der Waals surface area (Å²) < 4.78 is 1.54. The molecule has 0 fully saturated rings. The third-order valence-corrected chi connectivity index (χ3v) is 6.42. The van der Waals surface area contributed by atoms with Crippen LogP contribution in [0.25, 0.3) is 0 Å². The number of rotatable bonds is 8. The van der Waals surface area contributed by atoms with E-state index in [1.54, 1.807) is 15.9 Å². The van der Waals surface area contributed by atoms with Crippen molar-refractivity contribution < 1.29 is 4.79 Å². The van der Waals surface area contributed by atoms with Gasteiger partial charge in [-0.05, 0) is 22.6 Å². The van der Waals surface area contributed by atoms with Crippen LogP contribution in [0.15, 0.2) is 88.1 Å². The Morgan fingerprint density at radius 3 is 2.50 bits per heavy atom. The lowest BCUT2D eigenvalue weighted by molar-refractivity contribution is -0.119. The minimum atomic E-state index is -0.289. The first-order valence-electron chi connectivity index (χ1n) is 9.40. The van der Waals surface area contributed by atoms with Gasteiger partial charge in [-0.1, -0.05) is 78.5 Å². The molecule has 2 heterocycles. The van der Waals surface area contributed by atoms with Crippen LogP contribution in [0.4, 0.5) is 0 Å². The van der Waals surface area contributed by atoms with E-state index in [0.29, 0.717) is 11.7 Å². The molecule has 0 saturated carbocycles. The predicted octanol–water partition coefficient (Wildman–Crippen LogP) is 3.68. The summed E-state index contributed by atoms with van der Waals surface area (Å²) in [7, 11) is 0. The monoisotopic (exact) mass is 436 g/mol. The van der Waals surface area contributed by atoms with Gasteiger partial charge in [-0.2, -0.15) is 0 Å². The number of carbonyl (C=O) groups excluding carboxylic acids is 1. The largest absolute Gasteiger partial charge is 0.344 e. The Hall–Kier alpha value is -3.10. The molecule has 2 aromatic heterocycles. The van der Waals surface area contributed by atoms with Crippen LogP contribution in [0.2, 0.25) is 0 Å². The zero-order valence-electron chi connectivity index (χ0n) is 16.0. The normalized spacial score (nSPS) is 11.9. The van der Waals surface area contributed by atoms with Crippen LogP contribution in [0.1, 0.15) is 22.0 Å². The van der Waals surface area contributed by atoms with Crippen molar-refractivity contribution in [2.75, 3.05) is 5.75 Å². The summed E-state index contributed by atoms with van der Waals surface area (Å²) in [6.45, 7) is 0.405. The highest BCUT2D eigenvalue weighted by Crippen LogP contribution is 2.26. The number of aromatic amines is 1. The molecule has 0 aliphatic heterocycles. The molecular weight excluding hydrogens is 416 g/mol. The number of H-pyrrole nitrogens is 1. The number of amides is 1. The molecule has 0 radical (unpaired) electrons. The summed E-state index contributed by atoms with van der Waals surface area (Å²) in [5.74, 6) is 0.0392. The second-order valence-corrected chi connectivity index (χ2v) is 8.52. The Morgan fingerprint density at radius 1 is 1.07 bits per heavy atom. The molecule has 8 heteroatoms. The fourth-order valence-corrected chi connectivity index (χ4v) is 4.63. The lowest BCUT2D eigenvalue weighted by Crippen LogP contribution is -2.30. The molecule has 152 valence electrons. The molecule has 4 rings (SSSR count). The Bertz CT molecular complexity index is 1140. The van der Waals surface area contributed by atoms with Crippen molar-refractivity contribution in [3.8, 4) is 0 Å². The first-order chi connectivity index (χ1) is 14.7. The maximum Gasteiger partial charge on any atom is 0.344 e. The van der Waals surface area contributed by atoms with E-state index in [1.165, 1.54) is 11.8 Å². The number of thiophene rings is 1. The van der Waals surface area contributed by atoms with Crippen molar-refractivity contribution in [1.29, 1.82) is 0 Å². The third-order valence-electron chi connectivity index (χ3n) is 4.51. The van der Waals surface area contributed by atoms with Crippen LogP contribution >= 0.6 is 23.1 Å². The number of nitrogens with one attached hydrogen (secondary N) is 2. The van der Waals surface area contributed by atoms with Crippen molar-refractivity contribution in [1.82, 2.24) is 20.1 Å². The van der Waals surface area contributed by atoms with E-state index in [2.05, 4.69) is 15.5 Å². The number of hydrogen-bond donors (Lipinski definition) is 2. The van der Waals surface area contributed by atoms with Crippen molar-refractivity contribution in [3.05, 3.63) is 105 Å². The number of nitrogens with zero attached hydrogens (tertiary/aromatic N) is 2.